The van der Waals surface area contributed by atoms with Gasteiger partial charge in [0.05, 0.1) is 13.7 Å². The lowest BCUT2D eigenvalue weighted by Crippen LogP contribution is -2.40. The first-order chi connectivity index (χ1) is 11.7. The Morgan fingerprint density at radius 3 is 2.54 bits per heavy atom. The van der Waals surface area contributed by atoms with E-state index in [9.17, 15) is 4.79 Å². The molecule has 0 aliphatic carbocycles. The van der Waals surface area contributed by atoms with E-state index in [2.05, 4.69) is 10.6 Å². The van der Waals surface area contributed by atoms with Crippen LogP contribution in [0.2, 0.25) is 0 Å². The minimum atomic E-state index is -0.297. The average molecular weight is 328 g/mol. The van der Waals surface area contributed by atoms with Gasteiger partial charge in [-0.3, -0.25) is 4.79 Å². The van der Waals surface area contributed by atoms with Crippen LogP contribution in [-0.4, -0.2) is 32.2 Å². The van der Waals surface area contributed by atoms with Crippen molar-refractivity contribution in [3.8, 4) is 11.5 Å². The highest BCUT2D eigenvalue weighted by molar-refractivity contribution is 5.84. The van der Waals surface area contributed by atoms with Gasteiger partial charge in [-0.15, -0.1) is 0 Å². The SMILES string of the molecule is CC[C@H](Nc1cccc(OC)c1)C(=O)NCCOc1ccccc1. The van der Waals surface area contributed by atoms with Crippen molar-refractivity contribution in [3.63, 3.8) is 0 Å². The van der Waals surface area contributed by atoms with Crippen LogP contribution in [0.25, 0.3) is 0 Å². The lowest BCUT2D eigenvalue weighted by molar-refractivity contribution is -0.122. The van der Waals surface area contributed by atoms with E-state index < -0.39 is 0 Å². The summed E-state index contributed by atoms with van der Waals surface area (Å²) in [5.74, 6) is 1.51. The van der Waals surface area contributed by atoms with Crippen molar-refractivity contribution in [2.45, 2.75) is 19.4 Å². The van der Waals surface area contributed by atoms with E-state index >= 15 is 0 Å². The average Bonchev–Trinajstić information content (AvgIpc) is 2.64. The van der Waals surface area contributed by atoms with Crippen LogP contribution in [0.15, 0.2) is 54.6 Å². The minimum absolute atomic E-state index is 0.0445. The van der Waals surface area contributed by atoms with Gasteiger partial charge in [-0.05, 0) is 30.7 Å². The number of ether oxygens (including phenoxy) is 2. The highest BCUT2D eigenvalue weighted by atomic mass is 16.5. The van der Waals surface area contributed by atoms with Crippen LogP contribution < -0.4 is 20.1 Å². The zero-order chi connectivity index (χ0) is 17.2. The number of anilines is 1. The van der Waals surface area contributed by atoms with Gasteiger partial charge in [0.25, 0.3) is 0 Å². The standard InChI is InChI=1S/C19H24N2O3/c1-3-18(21-15-8-7-11-17(14-15)23-2)19(22)20-12-13-24-16-9-5-4-6-10-16/h4-11,14,18,21H,3,12-13H2,1-2H3,(H,20,22)/t18-/m0/s1. The fraction of sp³-hybridized carbons (Fsp3) is 0.316. The molecule has 2 aromatic carbocycles. The third kappa shape index (κ3) is 5.50. The number of nitrogens with one attached hydrogen (secondary N) is 2. The molecule has 2 N–H and O–H groups in total. The van der Waals surface area contributed by atoms with Crippen molar-refractivity contribution in [2.24, 2.45) is 0 Å². The van der Waals surface area contributed by atoms with E-state index in [0.29, 0.717) is 19.6 Å². The van der Waals surface area contributed by atoms with Crippen LogP contribution in [0.4, 0.5) is 5.69 Å². The van der Waals surface area contributed by atoms with Crippen molar-refractivity contribution >= 4 is 11.6 Å². The number of carbonyl (C=O) groups excluding carboxylic acids is 1. The number of benzene rings is 2. The number of hydrogen-bond acceptors (Lipinski definition) is 4. The molecule has 0 spiro atoms. The third-order valence-corrected chi connectivity index (χ3v) is 3.55. The summed E-state index contributed by atoms with van der Waals surface area (Å²) in [6, 6.07) is 16.8. The van der Waals surface area contributed by atoms with Gasteiger partial charge in [-0.2, -0.15) is 0 Å². The number of methoxy groups -OCH3 is 1. The molecule has 0 radical (unpaired) electrons. The molecule has 0 bridgehead atoms. The molecule has 5 nitrogen and oxygen atoms in total. The Morgan fingerprint density at radius 2 is 1.83 bits per heavy atom. The summed E-state index contributed by atoms with van der Waals surface area (Å²) in [6.45, 7) is 2.87. The second-order valence-electron chi connectivity index (χ2n) is 5.29. The maximum Gasteiger partial charge on any atom is 0.242 e. The number of rotatable bonds is 9. The topological polar surface area (TPSA) is 59.6 Å². The van der Waals surface area contributed by atoms with Crippen LogP contribution in [0, 0.1) is 0 Å². The van der Waals surface area contributed by atoms with Gasteiger partial charge in [0.1, 0.15) is 24.1 Å². The van der Waals surface area contributed by atoms with Gasteiger partial charge in [0.2, 0.25) is 5.91 Å². The van der Waals surface area contributed by atoms with Crippen LogP contribution in [0.5, 0.6) is 11.5 Å². The Morgan fingerprint density at radius 1 is 1.08 bits per heavy atom. The van der Waals surface area contributed by atoms with Crippen LogP contribution in [-0.2, 0) is 4.79 Å². The van der Waals surface area contributed by atoms with E-state index in [-0.39, 0.29) is 11.9 Å². The molecule has 0 heterocycles. The van der Waals surface area contributed by atoms with E-state index in [4.69, 9.17) is 9.47 Å². The van der Waals surface area contributed by atoms with E-state index in [1.807, 2.05) is 61.5 Å². The molecular weight excluding hydrogens is 304 g/mol. The minimum Gasteiger partial charge on any atom is -0.497 e. The lowest BCUT2D eigenvalue weighted by Gasteiger charge is -2.18. The summed E-state index contributed by atoms with van der Waals surface area (Å²) in [4.78, 5) is 12.3. The molecule has 0 aliphatic rings. The molecule has 2 rings (SSSR count). The van der Waals surface area contributed by atoms with Crippen LogP contribution in [0.1, 0.15) is 13.3 Å². The normalized spacial score (nSPS) is 11.4. The number of hydrogen-bond donors (Lipinski definition) is 2. The smallest absolute Gasteiger partial charge is 0.242 e. The predicted octanol–water partition coefficient (Wildman–Crippen LogP) is 3.08. The van der Waals surface area contributed by atoms with Crippen molar-refractivity contribution in [2.75, 3.05) is 25.6 Å². The first-order valence-corrected chi connectivity index (χ1v) is 8.09. The maximum absolute atomic E-state index is 12.3. The molecule has 0 fully saturated rings. The zero-order valence-electron chi connectivity index (χ0n) is 14.1. The fourth-order valence-electron chi connectivity index (χ4n) is 2.25. The second-order valence-corrected chi connectivity index (χ2v) is 5.29. The summed E-state index contributed by atoms with van der Waals surface area (Å²) in [7, 11) is 1.62. The monoisotopic (exact) mass is 328 g/mol. The van der Waals surface area contributed by atoms with Gasteiger partial charge < -0.3 is 20.1 Å². The van der Waals surface area contributed by atoms with Crippen molar-refractivity contribution in [3.05, 3.63) is 54.6 Å². The highest BCUT2D eigenvalue weighted by Crippen LogP contribution is 2.18. The van der Waals surface area contributed by atoms with E-state index in [1.165, 1.54) is 0 Å². The molecule has 0 saturated heterocycles. The molecule has 2 aromatic rings. The van der Waals surface area contributed by atoms with E-state index in [1.54, 1.807) is 7.11 Å². The molecule has 0 aromatic heterocycles. The molecule has 0 unspecified atom stereocenters. The van der Waals surface area contributed by atoms with Crippen molar-refractivity contribution in [1.82, 2.24) is 5.32 Å². The highest BCUT2D eigenvalue weighted by Gasteiger charge is 2.15. The van der Waals surface area contributed by atoms with Gasteiger partial charge in [-0.25, -0.2) is 0 Å². The van der Waals surface area contributed by atoms with Gasteiger partial charge in [0.15, 0.2) is 0 Å². The van der Waals surface area contributed by atoms with Gasteiger partial charge in [0, 0.05) is 11.8 Å². The van der Waals surface area contributed by atoms with E-state index in [0.717, 1.165) is 17.2 Å². The Balaban J connectivity index is 1.78. The number of amides is 1. The van der Waals surface area contributed by atoms with Gasteiger partial charge in [-0.1, -0.05) is 31.2 Å². The van der Waals surface area contributed by atoms with Crippen molar-refractivity contribution < 1.29 is 14.3 Å². The number of para-hydroxylation sites is 1. The molecule has 0 saturated carbocycles. The predicted molar refractivity (Wildman–Crippen MR) is 95.6 cm³/mol. The summed E-state index contributed by atoms with van der Waals surface area (Å²) in [5, 5.41) is 6.12. The molecule has 0 aliphatic heterocycles. The van der Waals surface area contributed by atoms with Crippen molar-refractivity contribution in [1.29, 1.82) is 0 Å². The van der Waals surface area contributed by atoms with Crippen LogP contribution in [0.3, 0.4) is 0 Å². The molecule has 128 valence electrons. The Kier molecular flexibility index (Phi) is 6.95. The Hall–Kier alpha value is -2.69. The zero-order valence-corrected chi connectivity index (χ0v) is 14.1. The largest absolute Gasteiger partial charge is 0.497 e. The molecule has 1 atom stereocenters. The van der Waals surface area contributed by atoms with Crippen LogP contribution >= 0.6 is 0 Å². The second kappa shape index (κ2) is 9.45. The quantitative estimate of drug-likeness (QED) is 0.695. The summed E-state index contributed by atoms with van der Waals surface area (Å²) in [5.41, 5.74) is 0.858. The Bertz CT molecular complexity index is 632. The fourth-order valence-corrected chi connectivity index (χ4v) is 2.25. The molecule has 5 heteroatoms. The first kappa shape index (κ1) is 17.7. The first-order valence-electron chi connectivity index (χ1n) is 8.09. The molecular formula is C19H24N2O3. The Labute approximate surface area is 143 Å². The summed E-state index contributed by atoms with van der Waals surface area (Å²) < 4.78 is 10.8. The molecule has 24 heavy (non-hydrogen) atoms. The number of carbonyl (C=O) groups is 1. The van der Waals surface area contributed by atoms with Gasteiger partial charge >= 0.3 is 0 Å². The molecule has 1 amide bonds. The lowest BCUT2D eigenvalue weighted by atomic mass is 10.2. The summed E-state index contributed by atoms with van der Waals surface area (Å²) in [6.07, 6.45) is 0.683. The maximum atomic E-state index is 12.3. The summed E-state index contributed by atoms with van der Waals surface area (Å²) >= 11 is 0. The third-order valence-electron chi connectivity index (χ3n) is 3.55.